The number of amides is 1. The molecule has 0 radical (unpaired) electrons. The molecule has 2 heterocycles. The van der Waals surface area contributed by atoms with Crippen molar-refractivity contribution >= 4 is 17.2 Å². The van der Waals surface area contributed by atoms with Gasteiger partial charge < -0.3 is 9.64 Å². The molecule has 0 bridgehead atoms. The number of carbonyl (C=O) groups is 1. The molecule has 4 nitrogen and oxygen atoms in total. The molecule has 1 amide bonds. The summed E-state index contributed by atoms with van der Waals surface area (Å²) in [6.45, 7) is 3.75. The van der Waals surface area contributed by atoms with Gasteiger partial charge in [-0.15, -0.1) is 11.3 Å². The summed E-state index contributed by atoms with van der Waals surface area (Å²) in [6.07, 6.45) is 4.05. The van der Waals surface area contributed by atoms with Gasteiger partial charge in [-0.2, -0.15) is 0 Å². The zero-order valence-electron chi connectivity index (χ0n) is 12.7. The number of likely N-dealkylation sites (tertiary alicyclic amines) is 1. The minimum absolute atomic E-state index is 0.0573. The Morgan fingerprint density at radius 1 is 1.41 bits per heavy atom. The number of para-hydroxylation sites is 1. The second kappa shape index (κ2) is 6.92. The number of nitrogens with zero attached hydrogens (tertiary/aromatic N) is 2. The molecular formula is C17H20N2O2S. The van der Waals surface area contributed by atoms with E-state index in [0.29, 0.717) is 5.92 Å². The molecule has 1 aromatic carbocycles. The number of aromatic nitrogens is 1. The molecule has 0 saturated carbocycles. The van der Waals surface area contributed by atoms with Gasteiger partial charge in [-0.3, -0.25) is 4.79 Å². The Bertz CT molecular complexity index is 627. The van der Waals surface area contributed by atoms with Crippen molar-refractivity contribution in [3.05, 3.63) is 46.4 Å². The summed E-state index contributed by atoms with van der Waals surface area (Å²) in [7, 11) is 0. The Balaban J connectivity index is 1.56. The summed E-state index contributed by atoms with van der Waals surface area (Å²) in [4.78, 5) is 20.0. The largest absolute Gasteiger partial charge is 0.484 e. The third kappa shape index (κ3) is 3.65. The number of hydrogen-bond acceptors (Lipinski definition) is 4. The van der Waals surface area contributed by atoms with Gasteiger partial charge in [-0.05, 0) is 31.9 Å². The zero-order valence-corrected chi connectivity index (χ0v) is 13.5. The van der Waals surface area contributed by atoms with Crippen LogP contribution in [0.25, 0.3) is 0 Å². The Labute approximate surface area is 134 Å². The molecule has 0 aliphatic carbocycles. The van der Waals surface area contributed by atoms with E-state index in [1.54, 1.807) is 11.3 Å². The molecule has 1 aliphatic heterocycles. The van der Waals surface area contributed by atoms with Gasteiger partial charge in [0.15, 0.2) is 6.61 Å². The lowest BCUT2D eigenvalue weighted by Crippen LogP contribution is -2.41. The molecule has 0 N–H and O–H groups in total. The van der Waals surface area contributed by atoms with Gasteiger partial charge in [0, 0.05) is 30.1 Å². The lowest BCUT2D eigenvalue weighted by atomic mass is 9.99. The van der Waals surface area contributed by atoms with Gasteiger partial charge in [0.25, 0.3) is 5.91 Å². The van der Waals surface area contributed by atoms with Gasteiger partial charge in [0.2, 0.25) is 0 Å². The van der Waals surface area contributed by atoms with Gasteiger partial charge in [0.05, 0.1) is 5.01 Å². The topological polar surface area (TPSA) is 42.4 Å². The lowest BCUT2D eigenvalue weighted by molar-refractivity contribution is -0.134. The van der Waals surface area contributed by atoms with E-state index in [9.17, 15) is 4.79 Å². The van der Waals surface area contributed by atoms with Gasteiger partial charge in [0.1, 0.15) is 5.75 Å². The Morgan fingerprint density at radius 3 is 2.95 bits per heavy atom. The third-order valence-electron chi connectivity index (χ3n) is 3.87. The van der Waals surface area contributed by atoms with Crippen LogP contribution in [-0.4, -0.2) is 35.5 Å². The highest BCUT2D eigenvalue weighted by atomic mass is 32.1. The first kappa shape index (κ1) is 15.0. The maximum Gasteiger partial charge on any atom is 0.260 e. The minimum atomic E-state index is 0.0573. The van der Waals surface area contributed by atoms with Crippen molar-refractivity contribution in [1.29, 1.82) is 0 Å². The van der Waals surface area contributed by atoms with Crippen LogP contribution >= 0.6 is 11.3 Å². The summed E-state index contributed by atoms with van der Waals surface area (Å²) in [5.74, 6) is 1.16. The smallest absolute Gasteiger partial charge is 0.260 e. The average molecular weight is 316 g/mol. The highest BCUT2D eigenvalue weighted by Crippen LogP contribution is 2.29. The molecule has 1 saturated heterocycles. The van der Waals surface area contributed by atoms with E-state index >= 15 is 0 Å². The maximum atomic E-state index is 12.3. The second-order valence-corrected chi connectivity index (χ2v) is 6.86. The summed E-state index contributed by atoms with van der Waals surface area (Å²) in [6, 6.07) is 9.47. The molecule has 116 valence electrons. The van der Waals surface area contributed by atoms with Crippen LogP contribution in [0, 0.1) is 6.92 Å². The first-order valence-corrected chi connectivity index (χ1v) is 8.42. The fraction of sp³-hybridized carbons (Fsp3) is 0.412. The maximum absolute atomic E-state index is 12.3. The van der Waals surface area contributed by atoms with Crippen LogP contribution in [0.3, 0.4) is 0 Å². The number of hydrogen-bond donors (Lipinski definition) is 0. The molecule has 0 unspecified atom stereocenters. The Kier molecular flexibility index (Phi) is 4.73. The lowest BCUT2D eigenvalue weighted by Gasteiger charge is -2.31. The number of piperidine rings is 1. The van der Waals surface area contributed by atoms with E-state index in [-0.39, 0.29) is 12.5 Å². The fourth-order valence-corrected chi connectivity index (χ4v) is 3.62. The van der Waals surface area contributed by atoms with Crippen LogP contribution in [0.5, 0.6) is 5.75 Å². The first-order valence-electron chi connectivity index (χ1n) is 7.60. The number of thiazole rings is 1. The Morgan fingerprint density at radius 2 is 2.23 bits per heavy atom. The summed E-state index contributed by atoms with van der Waals surface area (Å²) < 4.78 is 5.56. The standard InChI is InChI=1S/C17H20N2O2S/c1-13-10-18-17(22-13)14-6-5-9-19(11-14)16(20)12-21-15-7-3-2-4-8-15/h2-4,7-8,10,14H,5-6,9,11-12H2,1H3/t14-/m1/s1. The van der Waals surface area contributed by atoms with E-state index in [1.165, 1.54) is 4.88 Å². The van der Waals surface area contributed by atoms with Crippen LogP contribution in [0.15, 0.2) is 36.5 Å². The van der Waals surface area contributed by atoms with Gasteiger partial charge in [-0.25, -0.2) is 4.98 Å². The first-order chi connectivity index (χ1) is 10.7. The molecule has 22 heavy (non-hydrogen) atoms. The number of carbonyl (C=O) groups excluding carboxylic acids is 1. The highest BCUT2D eigenvalue weighted by molar-refractivity contribution is 7.11. The van der Waals surface area contributed by atoms with Crippen molar-refractivity contribution < 1.29 is 9.53 Å². The van der Waals surface area contributed by atoms with E-state index < -0.39 is 0 Å². The monoisotopic (exact) mass is 316 g/mol. The summed E-state index contributed by atoms with van der Waals surface area (Å²) in [5, 5.41) is 1.15. The second-order valence-electron chi connectivity index (χ2n) is 5.59. The molecule has 1 aliphatic rings. The van der Waals surface area contributed by atoms with E-state index in [2.05, 4.69) is 11.9 Å². The van der Waals surface area contributed by atoms with Crippen molar-refractivity contribution in [3.8, 4) is 5.75 Å². The average Bonchev–Trinajstić information content (AvgIpc) is 3.00. The van der Waals surface area contributed by atoms with Crippen molar-refractivity contribution in [2.24, 2.45) is 0 Å². The van der Waals surface area contributed by atoms with E-state index in [4.69, 9.17) is 4.74 Å². The van der Waals surface area contributed by atoms with Crippen molar-refractivity contribution in [2.45, 2.75) is 25.7 Å². The van der Waals surface area contributed by atoms with Crippen molar-refractivity contribution in [2.75, 3.05) is 19.7 Å². The molecule has 1 aromatic heterocycles. The van der Waals surface area contributed by atoms with Crippen LogP contribution in [0.1, 0.15) is 28.6 Å². The predicted molar refractivity (Wildman–Crippen MR) is 87.3 cm³/mol. The van der Waals surface area contributed by atoms with E-state index in [1.807, 2.05) is 41.4 Å². The summed E-state index contributed by atoms with van der Waals surface area (Å²) in [5.41, 5.74) is 0. The minimum Gasteiger partial charge on any atom is -0.484 e. The molecule has 2 aromatic rings. The quantitative estimate of drug-likeness (QED) is 0.869. The highest BCUT2D eigenvalue weighted by Gasteiger charge is 2.26. The molecule has 3 rings (SSSR count). The van der Waals surface area contributed by atoms with Crippen molar-refractivity contribution in [1.82, 2.24) is 9.88 Å². The predicted octanol–water partition coefficient (Wildman–Crippen LogP) is 3.24. The molecule has 0 spiro atoms. The zero-order chi connectivity index (χ0) is 15.4. The number of rotatable bonds is 4. The van der Waals surface area contributed by atoms with Crippen LogP contribution in [0.4, 0.5) is 0 Å². The van der Waals surface area contributed by atoms with Crippen molar-refractivity contribution in [3.63, 3.8) is 0 Å². The van der Waals surface area contributed by atoms with Crippen LogP contribution in [0.2, 0.25) is 0 Å². The fourth-order valence-electron chi connectivity index (χ4n) is 2.72. The molecule has 5 heteroatoms. The third-order valence-corrected chi connectivity index (χ3v) is 4.94. The van der Waals surface area contributed by atoms with E-state index in [0.717, 1.165) is 36.7 Å². The van der Waals surface area contributed by atoms with Gasteiger partial charge >= 0.3 is 0 Å². The normalized spacial score (nSPS) is 18.2. The number of ether oxygens (including phenoxy) is 1. The van der Waals surface area contributed by atoms with Crippen LogP contribution in [-0.2, 0) is 4.79 Å². The van der Waals surface area contributed by atoms with Crippen LogP contribution < -0.4 is 4.74 Å². The molecule has 1 fully saturated rings. The molecule has 1 atom stereocenters. The van der Waals surface area contributed by atoms with Gasteiger partial charge in [-0.1, -0.05) is 18.2 Å². The Hall–Kier alpha value is -1.88. The number of benzene rings is 1. The molecular weight excluding hydrogens is 296 g/mol. The summed E-state index contributed by atoms with van der Waals surface area (Å²) >= 11 is 1.74. The SMILES string of the molecule is Cc1cnc([C@@H]2CCCN(C(=O)COc3ccccc3)C2)s1. The number of aryl methyl sites for hydroxylation is 1.